The fourth-order valence-electron chi connectivity index (χ4n) is 2.40. The topological polar surface area (TPSA) is 51.5 Å². The van der Waals surface area contributed by atoms with Gasteiger partial charge in [-0.25, -0.2) is 8.42 Å². The van der Waals surface area contributed by atoms with Gasteiger partial charge in [-0.3, -0.25) is 0 Å². The summed E-state index contributed by atoms with van der Waals surface area (Å²) in [5.41, 5.74) is 0.826. The minimum absolute atomic E-state index is 0.0759. The highest BCUT2D eigenvalue weighted by Gasteiger charge is 2.29. The average molecular weight is 321 g/mol. The molecular formula is C13H21ClN2O3S. The Morgan fingerprint density at radius 3 is 2.85 bits per heavy atom. The Morgan fingerprint density at radius 2 is 2.25 bits per heavy atom. The molecule has 0 N–H and O–H groups in total. The number of halogens is 1. The summed E-state index contributed by atoms with van der Waals surface area (Å²) < 4.78 is 34.3. The zero-order valence-electron chi connectivity index (χ0n) is 11.9. The van der Waals surface area contributed by atoms with Gasteiger partial charge in [0.2, 0.25) is 10.0 Å². The smallest absolute Gasteiger partial charge is 0.244 e. The van der Waals surface area contributed by atoms with Crippen molar-refractivity contribution in [1.29, 1.82) is 0 Å². The van der Waals surface area contributed by atoms with E-state index in [2.05, 4.69) is 0 Å². The summed E-state index contributed by atoms with van der Waals surface area (Å²) in [5.74, 6) is 0.308. The molecule has 1 aromatic heterocycles. The number of aryl methyl sites for hydroxylation is 1. The first kappa shape index (κ1) is 15.8. The van der Waals surface area contributed by atoms with Gasteiger partial charge in [0.05, 0.1) is 12.0 Å². The second-order valence-electron chi connectivity index (χ2n) is 4.98. The van der Waals surface area contributed by atoms with Crippen molar-refractivity contribution in [2.24, 2.45) is 0 Å². The molecule has 0 aromatic carbocycles. The van der Waals surface area contributed by atoms with E-state index >= 15 is 0 Å². The van der Waals surface area contributed by atoms with Crippen molar-refractivity contribution < 1.29 is 13.2 Å². The van der Waals surface area contributed by atoms with Crippen LogP contribution in [-0.4, -0.2) is 43.1 Å². The van der Waals surface area contributed by atoms with E-state index in [4.69, 9.17) is 16.3 Å². The third kappa shape index (κ3) is 3.19. The molecule has 0 spiro atoms. The average Bonchev–Trinajstić information content (AvgIpc) is 2.73. The quantitative estimate of drug-likeness (QED) is 0.798. The highest BCUT2D eigenvalue weighted by atomic mass is 35.5. The van der Waals surface area contributed by atoms with Crippen LogP contribution in [0.4, 0.5) is 0 Å². The maximum Gasteiger partial charge on any atom is 0.244 e. The van der Waals surface area contributed by atoms with Gasteiger partial charge in [0.25, 0.3) is 0 Å². The number of hydrogen-bond acceptors (Lipinski definition) is 3. The summed E-state index contributed by atoms with van der Waals surface area (Å²) in [4.78, 5) is 0.323. The standard InChI is InChI=1S/C13H21ClN2O3S/c1-3-15-10-13(7-12(15)8-14)20(17,18)16-5-4-6-19-11(2)9-16/h7,10-11H,3-6,8-9H2,1-2H3. The lowest BCUT2D eigenvalue weighted by Gasteiger charge is -2.20. The van der Waals surface area contributed by atoms with Crippen molar-refractivity contribution >= 4 is 21.6 Å². The first-order valence-corrected chi connectivity index (χ1v) is 8.83. The minimum Gasteiger partial charge on any atom is -0.377 e. The zero-order valence-corrected chi connectivity index (χ0v) is 13.5. The number of sulfonamides is 1. The van der Waals surface area contributed by atoms with Gasteiger partial charge in [0, 0.05) is 38.1 Å². The second-order valence-corrected chi connectivity index (χ2v) is 7.19. The highest BCUT2D eigenvalue weighted by Crippen LogP contribution is 2.22. The number of alkyl halides is 1. The Balaban J connectivity index is 2.31. The van der Waals surface area contributed by atoms with E-state index in [9.17, 15) is 8.42 Å². The minimum atomic E-state index is -3.47. The monoisotopic (exact) mass is 320 g/mol. The van der Waals surface area contributed by atoms with Gasteiger partial charge in [0.15, 0.2) is 0 Å². The maximum absolute atomic E-state index is 12.7. The van der Waals surface area contributed by atoms with Crippen LogP contribution in [0, 0.1) is 0 Å². The van der Waals surface area contributed by atoms with E-state index in [0.29, 0.717) is 37.0 Å². The highest BCUT2D eigenvalue weighted by molar-refractivity contribution is 7.89. The van der Waals surface area contributed by atoms with Crippen molar-refractivity contribution in [3.05, 3.63) is 18.0 Å². The normalized spacial score (nSPS) is 21.9. The van der Waals surface area contributed by atoms with Crippen LogP contribution in [0.1, 0.15) is 26.0 Å². The van der Waals surface area contributed by atoms with Crippen molar-refractivity contribution in [3.8, 4) is 0 Å². The number of aromatic nitrogens is 1. The van der Waals surface area contributed by atoms with Crippen molar-refractivity contribution in [2.75, 3.05) is 19.7 Å². The van der Waals surface area contributed by atoms with Gasteiger partial charge in [-0.2, -0.15) is 4.31 Å². The van der Waals surface area contributed by atoms with Gasteiger partial charge in [-0.05, 0) is 26.3 Å². The molecule has 0 radical (unpaired) electrons. The fraction of sp³-hybridized carbons (Fsp3) is 0.692. The van der Waals surface area contributed by atoms with Crippen LogP contribution in [0.5, 0.6) is 0 Å². The molecule has 2 heterocycles. The lowest BCUT2D eigenvalue weighted by molar-refractivity contribution is 0.0752. The van der Waals surface area contributed by atoms with Crippen molar-refractivity contribution in [2.45, 2.75) is 43.7 Å². The summed E-state index contributed by atoms with van der Waals surface area (Å²) in [6.07, 6.45) is 2.32. The molecule has 0 amide bonds. The molecule has 0 saturated carbocycles. The molecule has 7 heteroatoms. The largest absolute Gasteiger partial charge is 0.377 e. The van der Waals surface area contributed by atoms with Gasteiger partial charge in [-0.15, -0.1) is 11.6 Å². The molecule has 5 nitrogen and oxygen atoms in total. The summed E-state index contributed by atoms with van der Waals surface area (Å²) in [5, 5.41) is 0. The van der Waals surface area contributed by atoms with Crippen LogP contribution < -0.4 is 0 Å². The number of ether oxygens (including phenoxy) is 1. The molecule has 2 rings (SSSR count). The van der Waals surface area contributed by atoms with E-state index in [1.54, 1.807) is 12.3 Å². The van der Waals surface area contributed by atoms with Crippen molar-refractivity contribution in [1.82, 2.24) is 8.87 Å². The number of nitrogens with zero attached hydrogens (tertiary/aromatic N) is 2. The molecule has 1 aliphatic rings. The molecule has 1 fully saturated rings. The summed E-state index contributed by atoms with van der Waals surface area (Å²) in [6.45, 7) is 6.08. The molecule has 20 heavy (non-hydrogen) atoms. The Morgan fingerprint density at radius 1 is 1.50 bits per heavy atom. The van der Waals surface area contributed by atoms with E-state index in [-0.39, 0.29) is 6.10 Å². The van der Waals surface area contributed by atoms with Crippen molar-refractivity contribution in [3.63, 3.8) is 0 Å². The Kier molecular flexibility index (Phi) is 5.12. The third-order valence-electron chi connectivity index (χ3n) is 3.49. The van der Waals surface area contributed by atoms with Gasteiger partial charge >= 0.3 is 0 Å². The molecule has 1 atom stereocenters. The molecule has 114 valence electrons. The van der Waals surface area contributed by atoms with E-state index in [1.807, 2.05) is 18.4 Å². The van der Waals surface area contributed by atoms with E-state index < -0.39 is 10.0 Å². The first-order chi connectivity index (χ1) is 9.48. The molecule has 1 unspecified atom stereocenters. The van der Waals surface area contributed by atoms with Gasteiger partial charge < -0.3 is 9.30 Å². The van der Waals surface area contributed by atoms with Crippen LogP contribution >= 0.6 is 11.6 Å². The van der Waals surface area contributed by atoms with E-state index in [1.165, 1.54) is 4.31 Å². The van der Waals surface area contributed by atoms with Gasteiger partial charge in [0.1, 0.15) is 4.90 Å². The number of hydrogen-bond donors (Lipinski definition) is 0. The molecule has 0 bridgehead atoms. The zero-order chi connectivity index (χ0) is 14.8. The molecule has 1 aromatic rings. The number of rotatable bonds is 4. The third-order valence-corrected chi connectivity index (χ3v) is 5.60. The molecule has 1 saturated heterocycles. The fourth-order valence-corrected chi connectivity index (χ4v) is 4.25. The van der Waals surface area contributed by atoms with Crippen LogP contribution in [0.3, 0.4) is 0 Å². The van der Waals surface area contributed by atoms with E-state index in [0.717, 1.165) is 12.1 Å². The Bertz CT molecular complexity index is 534. The van der Waals surface area contributed by atoms with Crippen LogP contribution in [0.2, 0.25) is 0 Å². The first-order valence-electron chi connectivity index (χ1n) is 6.85. The SMILES string of the molecule is CCn1cc(S(=O)(=O)N2CCCOC(C)C2)cc1CCl. The van der Waals surface area contributed by atoms with Crippen LogP contribution in [-0.2, 0) is 27.2 Å². The Labute approximate surface area is 125 Å². The maximum atomic E-state index is 12.7. The summed E-state index contributed by atoms with van der Waals surface area (Å²) >= 11 is 5.86. The summed E-state index contributed by atoms with van der Waals surface area (Å²) in [7, 11) is -3.47. The predicted octanol–water partition coefficient (Wildman–Crippen LogP) is 2.05. The molecule has 1 aliphatic heterocycles. The molecular weight excluding hydrogens is 300 g/mol. The van der Waals surface area contributed by atoms with Crippen LogP contribution in [0.25, 0.3) is 0 Å². The Hall–Kier alpha value is -0.560. The molecule has 0 aliphatic carbocycles. The predicted molar refractivity (Wildman–Crippen MR) is 78.5 cm³/mol. The lowest BCUT2D eigenvalue weighted by atomic mass is 10.4. The summed E-state index contributed by atoms with van der Waals surface area (Å²) in [6, 6.07) is 1.67. The van der Waals surface area contributed by atoms with Gasteiger partial charge in [-0.1, -0.05) is 0 Å². The van der Waals surface area contributed by atoms with Crippen LogP contribution in [0.15, 0.2) is 17.2 Å². The second kappa shape index (κ2) is 6.47. The lowest BCUT2D eigenvalue weighted by Crippen LogP contribution is -2.35.